The number of aliphatic hydroxyl groups is 2. The molecule has 0 fully saturated rings. The number of hydrogen-bond acceptors (Lipinski definition) is 5. The molecule has 0 spiro atoms. The molecule has 0 aromatic carbocycles. The fourth-order valence-electron chi connectivity index (χ4n) is 1.56. The number of aliphatic hydroxyl groups excluding tert-OH is 2. The van der Waals surface area contributed by atoms with E-state index >= 15 is 0 Å². The third-order valence-corrected chi connectivity index (χ3v) is 3.76. The topological polar surface area (TPSA) is 90.7 Å². The molecule has 5 nitrogen and oxygen atoms in total. The van der Waals surface area contributed by atoms with E-state index in [1.807, 2.05) is 12.3 Å². The van der Waals surface area contributed by atoms with Crippen molar-refractivity contribution in [3.63, 3.8) is 0 Å². The summed E-state index contributed by atoms with van der Waals surface area (Å²) in [5.74, 6) is -1.97. The predicted molar refractivity (Wildman–Crippen MR) is 73.9 cm³/mol. The number of carboxylic acids is 1. The number of aryl methyl sites for hydroxylation is 1. The number of carboxylic acid groups (broad SMARTS) is 1. The summed E-state index contributed by atoms with van der Waals surface area (Å²) >= 11 is 1.52. The van der Waals surface area contributed by atoms with Gasteiger partial charge in [0.1, 0.15) is 0 Å². The number of thiazole rings is 1. The minimum atomic E-state index is -1.08. The van der Waals surface area contributed by atoms with E-state index in [4.69, 9.17) is 5.11 Å². The molecule has 0 aliphatic heterocycles. The Hall–Kier alpha value is -1.24. The van der Waals surface area contributed by atoms with Crippen LogP contribution in [0, 0.1) is 12.8 Å². The average Bonchev–Trinajstić information content (AvgIpc) is 2.73. The standard InChI is InChI=1S/C13H19NO4S/c1-7(4-10-6-19-9(3)14-10)11(15)5-12(16)8(2)13(17)18/h4,6,8,11-12,15-16H,5H2,1-3H3,(H,17,18)/b7-4+. The van der Waals surface area contributed by atoms with E-state index in [2.05, 4.69) is 4.98 Å². The lowest BCUT2D eigenvalue weighted by Crippen LogP contribution is -2.29. The lowest BCUT2D eigenvalue weighted by Gasteiger charge is -2.19. The summed E-state index contributed by atoms with van der Waals surface area (Å²) in [6.07, 6.45) is -0.211. The van der Waals surface area contributed by atoms with Crippen molar-refractivity contribution >= 4 is 23.4 Å². The minimum absolute atomic E-state index is 0.00107. The molecular weight excluding hydrogens is 266 g/mol. The molecule has 3 atom stereocenters. The van der Waals surface area contributed by atoms with Gasteiger partial charge in [-0.3, -0.25) is 4.79 Å². The normalized spacial score (nSPS) is 17.0. The SMILES string of the molecule is C/C(=C\c1csc(C)n1)C(O)CC(O)C(C)C(=O)O. The molecule has 0 saturated carbocycles. The van der Waals surface area contributed by atoms with Crippen molar-refractivity contribution in [3.05, 3.63) is 21.7 Å². The summed E-state index contributed by atoms with van der Waals surface area (Å²) in [6, 6.07) is 0. The summed E-state index contributed by atoms with van der Waals surface area (Å²) in [5, 5.41) is 31.2. The van der Waals surface area contributed by atoms with Crippen LogP contribution in [0.1, 0.15) is 31.0 Å². The highest BCUT2D eigenvalue weighted by molar-refractivity contribution is 7.09. The van der Waals surface area contributed by atoms with Crippen LogP contribution in [-0.2, 0) is 4.79 Å². The molecule has 0 aliphatic carbocycles. The van der Waals surface area contributed by atoms with Crippen molar-refractivity contribution in [3.8, 4) is 0 Å². The molecule has 19 heavy (non-hydrogen) atoms. The maximum atomic E-state index is 10.7. The highest BCUT2D eigenvalue weighted by Crippen LogP contribution is 2.18. The van der Waals surface area contributed by atoms with Gasteiger partial charge in [0.25, 0.3) is 0 Å². The van der Waals surface area contributed by atoms with E-state index in [-0.39, 0.29) is 6.42 Å². The van der Waals surface area contributed by atoms with Gasteiger partial charge in [-0.05, 0) is 32.4 Å². The van der Waals surface area contributed by atoms with Crippen LogP contribution in [0.25, 0.3) is 6.08 Å². The first-order chi connectivity index (χ1) is 8.81. The van der Waals surface area contributed by atoms with E-state index in [0.29, 0.717) is 5.57 Å². The Morgan fingerprint density at radius 1 is 1.53 bits per heavy atom. The number of aromatic nitrogens is 1. The zero-order valence-electron chi connectivity index (χ0n) is 11.2. The second-order valence-electron chi connectivity index (χ2n) is 4.63. The highest BCUT2D eigenvalue weighted by Gasteiger charge is 2.24. The quantitative estimate of drug-likeness (QED) is 0.740. The summed E-state index contributed by atoms with van der Waals surface area (Å²) in [5.41, 5.74) is 1.42. The smallest absolute Gasteiger partial charge is 0.308 e. The molecule has 0 saturated heterocycles. The fourth-order valence-corrected chi connectivity index (χ4v) is 2.13. The monoisotopic (exact) mass is 285 g/mol. The molecule has 0 radical (unpaired) electrons. The summed E-state index contributed by atoms with van der Waals surface area (Å²) in [4.78, 5) is 15.0. The Bertz CT molecular complexity index is 469. The zero-order chi connectivity index (χ0) is 14.6. The van der Waals surface area contributed by atoms with E-state index in [1.54, 1.807) is 13.0 Å². The fraction of sp³-hybridized carbons (Fsp3) is 0.538. The molecule has 3 unspecified atom stereocenters. The number of aliphatic carboxylic acids is 1. The molecule has 1 heterocycles. The van der Waals surface area contributed by atoms with Crippen LogP contribution in [0.4, 0.5) is 0 Å². The number of hydrogen-bond donors (Lipinski definition) is 3. The van der Waals surface area contributed by atoms with Gasteiger partial charge in [-0.25, -0.2) is 4.98 Å². The van der Waals surface area contributed by atoms with Gasteiger partial charge in [-0.2, -0.15) is 0 Å². The Morgan fingerprint density at radius 3 is 2.63 bits per heavy atom. The van der Waals surface area contributed by atoms with Crippen LogP contribution >= 0.6 is 11.3 Å². The first-order valence-corrected chi connectivity index (χ1v) is 6.88. The molecule has 1 rings (SSSR count). The third-order valence-electron chi connectivity index (χ3n) is 2.97. The van der Waals surface area contributed by atoms with Crippen molar-refractivity contribution < 1.29 is 20.1 Å². The first kappa shape index (κ1) is 15.8. The van der Waals surface area contributed by atoms with Crippen LogP contribution in [0.5, 0.6) is 0 Å². The lowest BCUT2D eigenvalue weighted by atomic mass is 9.96. The minimum Gasteiger partial charge on any atom is -0.481 e. The Morgan fingerprint density at radius 2 is 2.16 bits per heavy atom. The molecule has 0 aliphatic rings. The number of nitrogens with zero attached hydrogens (tertiary/aromatic N) is 1. The van der Waals surface area contributed by atoms with Crippen molar-refractivity contribution in [2.24, 2.45) is 5.92 Å². The van der Waals surface area contributed by atoms with Crippen LogP contribution in [0.2, 0.25) is 0 Å². The van der Waals surface area contributed by atoms with E-state index < -0.39 is 24.1 Å². The van der Waals surface area contributed by atoms with E-state index in [0.717, 1.165) is 10.7 Å². The zero-order valence-corrected chi connectivity index (χ0v) is 12.0. The Labute approximate surface area is 116 Å². The summed E-state index contributed by atoms with van der Waals surface area (Å²) in [6.45, 7) is 5.05. The summed E-state index contributed by atoms with van der Waals surface area (Å²) < 4.78 is 0. The van der Waals surface area contributed by atoms with Crippen LogP contribution in [0.15, 0.2) is 11.0 Å². The molecular formula is C13H19NO4S. The summed E-state index contributed by atoms with van der Waals surface area (Å²) in [7, 11) is 0. The van der Waals surface area contributed by atoms with Crippen molar-refractivity contribution in [2.45, 2.75) is 39.4 Å². The second kappa shape index (κ2) is 6.79. The van der Waals surface area contributed by atoms with Gasteiger partial charge in [-0.15, -0.1) is 11.3 Å². The predicted octanol–water partition coefficient (Wildman–Crippen LogP) is 1.69. The van der Waals surface area contributed by atoms with E-state index in [9.17, 15) is 15.0 Å². The van der Waals surface area contributed by atoms with Gasteiger partial charge < -0.3 is 15.3 Å². The van der Waals surface area contributed by atoms with Gasteiger partial charge in [0.2, 0.25) is 0 Å². The van der Waals surface area contributed by atoms with Gasteiger partial charge in [-0.1, -0.05) is 0 Å². The molecule has 0 amide bonds. The highest BCUT2D eigenvalue weighted by atomic mass is 32.1. The molecule has 0 bridgehead atoms. The largest absolute Gasteiger partial charge is 0.481 e. The third kappa shape index (κ3) is 4.74. The Kier molecular flexibility index (Phi) is 5.65. The van der Waals surface area contributed by atoms with Gasteiger partial charge in [0, 0.05) is 11.8 Å². The molecule has 6 heteroatoms. The number of carbonyl (C=O) groups is 1. The van der Waals surface area contributed by atoms with Crippen LogP contribution < -0.4 is 0 Å². The van der Waals surface area contributed by atoms with Crippen molar-refractivity contribution in [2.75, 3.05) is 0 Å². The molecule has 1 aromatic rings. The molecule has 106 valence electrons. The van der Waals surface area contributed by atoms with Crippen LogP contribution in [0.3, 0.4) is 0 Å². The molecule has 1 aromatic heterocycles. The van der Waals surface area contributed by atoms with Gasteiger partial charge >= 0.3 is 5.97 Å². The maximum Gasteiger partial charge on any atom is 0.308 e. The van der Waals surface area contributed by atoms with Gasteiger partial charge in [0.15, 0.2) is 0 Å². The van der Waals surface area contributed by atoms with Crippen LogP contribution in [-0.4, -0.2) is 38.5 Å². The van der Waals surface area contributed by atoms with Crippen molar-refractivity contribution in [1.82, 2.24) is 4.98 Å². The Balaban J connectivity index is 2.64. The van der Waals surface area contributed by atoms with Crippen molar-refractivity contribution in [1.29, 1.82) is 0 Å². The van der Waals surface area contributed by atoms with E-state index in [1.165, 1.54) is 18.3 Å². The lowest BCUT2D eigenvalue weighted by molar-refractivity contribution is -0.145. The number of rotatable bonds is 6. The average molecular weight is 285 g/mol. The molecule has 3 N–H and O–H groups in total. The maximum absolute atomic E-state index is 10.7. The van der Waals surface area contributed by atoms with Gasteiger partial charge in [0.05, 0.1) is 28.8 Å². The second-order valence-corrected chi connectivity index (χ2v) is 5.69. The first-order valence-electron chi connectivity index (χ1n) is 6.00.